The summed E-state index contributed by atoms with van der Waals surface area (Å²) >= 11 is 12.8. The molecule has 3 aromatic carbocycles. The van der Waals surface area contributed by atoms with E-state index in [0.717, 1.165) is 37.5 Å². The predicted molar refractivity (Wildman–Crippen MR) is 173 cm³/mol. The van der Waals surface area contributed by atoms with Gasteiger partial charge >= 0.3 is 0 Å². The predicted octanol–water partition coefficient (Wildman–Crippen LogP) is 6.65. The lowest BCUT2D eigenvalue weighted by molar-refractivity contribution is -0.189. The Labute approximate surface area is 266 Å². The van der Waals surface area contributed by atoms with Crippen molar-refractivity contribution < 1.29 is 14.2 Å². The first-order valence-corrected chi connectivity index (χ1v) is 15.5. The molecule has 8 nitrogen and oxygen atoms in total. The number of halogens is 2. The maximum atomic E-state index is 6.59. The molecular weight excluding hydrogens is 597 g/mol. The van der Waals surface area contributed by atoms with Crippen molar-refractivity contribution in [1.82, 2.24) is 14.1 Å². The number of rotatable bonds is 9. The van der Waals surface area contributed by atoms with E-state index in [1.807, 2.05) is 41.1 Å². The van der Waals surface area contributed by atoms with Gasteiger partial charge in [0.1, 0.15) is 18.5 Å². The summed E-state index contributed by atoms with van der Waals surface area (Å²) in [6, 6.07) is 26.5. The molecule has 10 heteroatoms. The van der Waals surface area contributed by atoms with Crippen LogP contribution in [0.5, 0.6) is 5.75 Å². The molecule has 0 aliphatic carbocycles. The molecule has 4 heterocycles. The monoisotopic (exact) mass is 629 g/mol. The zero-order valence-electron chi connectivity index (χ0n) is 24.1. The highest BCUT2D eigenvalue weighted by atomic mass is 35.5. The molecule has 0 N–H and O–H groups in total. The molecule has 2 aliphatic rings. The van der Waals surface area contributed by atoms with Crippen LogP contribution in [-0.2, 0) is 21.8 Å². The number of hydrogen-bond donors (Lipinski definition) is 0. The molecule has 2 atom stereocenters. The lowest BCUT2D eigenvalue weighted by atomic mass is 10.1. The van der Waals surface area contributed by atoms with Gasteiger partial charge in [-0.2, -0.15) is 0 Å². The summed E-state index contributed by atoms with van der Waals surface area (Å²) in [6.45, 7) is 4.96. The molecule has 226 valence electrons. The number of aromatic nitrogens is 3. The van der Waals surface area contributed by atoms with E-state index in [1.54, 1.807) is 24.7 Å². The second-order valence-electron chi connectivity index (χ2n) is 11.0. The minimum Gasteiger partial charge on any atom is -0.491 e. The minimum absolute atomic E-state index is 0.282. The second-order valence-corrected chi connectivity index (χ2v) is 11.9. The van der Waals surface area contributed by atoms with Crippen molar-refractivity contribution in [2.45, 2.75) is 18.4 Å². The number of hydrogen-bond acceptors (Lipinski definition) is 6. The quantitative estimate of drug-likeness (QED) is 0.182. The highest BCUT2D eigenvalue weighted by molar-refractivity contribution is 6.35. The van der Waals surface area contributed by atoms with Gasteiger partial charge in [-0.1, -0.05) is 29.3 Å². The standard InChI is InChI=1S/C34H33Cl2N5O3/c35-26-3-12-32(33(36)21-26)34(24-38-16-13-37-25-38)43-23-31(44-34)22-42-30-10-8-29(9-11-30)41-19-17-40(18-20-41)28-6-4-27(5-7-28)39-14-1-2-15-39/h1-16,21,25,31H,17-20,22-24H2/t31-,34-/m1/s1. The lowest BCUT2D eigenvalue weighted by Crippen LogP contribution is -2.46. The molecule has 2 saturated heterocycles. The average Bonchev–Trinajstić information content (AvgIpc) is 3.85. The van der Waals surface area contributed by atoms with Crippen LogP contribution in [-0.4, -0.2) is 59.6 Å². The van der Waals surface area contributed by atoms with Gasteiger partial charge < -0.3 is 33.1 Å². The fraction of sp³-hybridized carbons (Fsp3) is 0.265. The van der Waals surface area contributed by atoms with Crippen LogP contribution >= 0.6 is 23.2 Å². The summed E-state index contributed by atoms with van der Waals surface area (Å²) in [7, 11) is 0. The maximum absolute atomic E-state index is 6.59. The first-order chi connectivity index (χ1) is 21.5. The van der Waals surface area contributed by atoms with E-state index in [9.17, 15) is 0 Å². The van der Waals surface area contributed by atoms with Crippen molar-refractivity contribution in [2.24, 2.45) is 0 Å². The minimum atomic E-state index is -1.08. The Bertz CT molecular complexity index is 1650. The van der Waals surface area contributed by atoms with Gasteiger partial charge in [-0.25, -0.2) is 4.98 Å². The SMILES string of the molecule is Clc1ccc([C@]2(Cn3ccnc3)OC[C@@H](COc3ccc(N4CCN(c5ccc(-n6cccc6)cc5)CC4)cc3)O2)c(Cl)c1. The van der Waals surface area contributed by atoms with E-state index in [0.29, 0.717) is 29.8 Å². The summed E-state index contributed by atoms with van der Waals surface area (Å²) < 4.78 is 23.0. The highest BCUT2D eigenvalue weighted by Crippen LogP contribution is 2.40. The number of benzene rings is 3. The average molecular weight is 631 g/mol. The van der Waals surface area contributed by atoms with Crippen molar-refractivity contribution in [1.29, 1.82) is 0 Å². The van der Waals surface area contributed by atoms with Gasteiger partial charge in [0.2, 0.25) is 5.79 Å². The van der Waals surface area contributed by atoms with Crippen molar-refractivity contribution in [3.05, 3.63) is 126 Å². The topological polar surface area (TPSA) is 56.9 Å². The van der Waals surface area contributed by atoms with Crippen LogP contribution in [0.1, 0.15) is 5.56 Å². The molecule has 0 spiro atoms. The van der Waals surface area contributed by atoms with Gasteiger partial charge in [0, 0.05) is 78.6 Å². The first kappa shape index (κ1) is 28.8. The summed E-state index contributed by atoms with van der Waals surface area (Å²) in [5, 5.41) is 1.04. The molecule has 7 rings (SSSR count). The number of piperazine rings is 1. The first-order valence-electron chi connectivity index (χ1n) is 14.7. The number of nitrogens with zero attached hydrogens (tertiary/aromatic N) is 5. The van der Waals surface area contributed by atoms with Crippen LogP contribution in [0, 0.1) is 0 Å². The maximum Gasteiger partial charge on any atom is 0.215 e. The van der Waals surface area contributed by atoms with Crippen LogP contribution in [0.3, 0.4) is 0 Å². The van der Waals surface area contributed by atoms with Gasteiger partial charge in [0.15, 0.2) is 0 Å². The zero-order valence-corrected chi connectivity index (χ0v) is 25.6. The molecule has 0 radical (unpaired) electrons. The zero-order chi connectivity index (χ0) is 29.9. The third kappa shape index (κ3) is 6.16. The summed E-state index contributed by atoms with van der Waals surface area (Å²) in [6.07, 6.45) is 9.17. The molecule has 0 amide bonds. The van der Waals surface area contributed by atoms with E-state index in [-0.39, 0.29) is 6.10 Å². The molecule has 0 unspecified atom stereocenters. The van der Waals surface area contributed by atoms with Crippen molar-refractivity contribution in [3.63, 3.8) is 0 Å². The van der Waals surface area contributed by atoms with E-state index in [1.165, 1.54) is 17.1 Å². The Hall–Kier alpha value is -3.95. The molecular formula is C34H33Cl2N5O3. The summed E-state index contributed by atoms with van der Waals surface area (Å²) in [5.74, 6) is -0.289. The van der Waals surface area contributed by atoms with Gasteiger partial charge in [0.05, 0.1) is 24.5 Å². The largest absolute Gasteiger partial charge is 0.491 e. The Morgan fingerprint density at radius 3 is 2.11 bits per heavy atom. The normalized spacial score (nSPS) is 20.3. The second kappa shape index (κ2) is 12.6. The third-order valence-corrected chi connectivity index (χ3v) is 8.73. The molecule has 2 aromatic heterocycles. The van der Waals surface area contributed by atoms with Crippen LogP contribution < -0.4 is 14.5 Å². The van der Waals surface area contributed by atoms with E-state index in [4.69, 9.17) is 37.4 Å². The Kier molecular flexibility index (Phi) is 8.23. The van der Waals surface area contributed by atoms with Crippen molar-refractivity contribution in [3.8, 4) is 11.4 Å². The fourth-order valence-corrected chi connectivity index (χ4v) is 6.44. The molecule has 5 aromatic rings. The van der Waals surface area contributed by atoms with Gasteiger partial charge in [-0.3, -0.25) is 0 Å². The molecule has 2 aliphatic heterocycles. The van der Waals surface area contributed by atoms with Crippen LogP contribution in [0.4, 0.5) is 11.4 Å². The van der Waals surface area contributed by atoms with E-state index in [2.05, 4.69) is 68.1 Å². The van der Waals surface area contributed by atoms with Crippen LogP contribution in [0.2, 0.25) is 10.0 Å². The number of imidazole rings is 1. The number of ether oxygens (including phenoxy) is 3. The van der Waals surface area contributed by atoms with E-state index < -0.39 is 5.79 Å². The summed E-state index contributed by atoms with van der Waals surface area (Å²) in [5.41, 5.74) is 4.34. The Balaban J connectivity index is 0.936. The van der Waals surface area contributed by atoms with Crippen LogP contribution in [0.25, 0.3) is 5.69 Å². The van der Waals surface area contributed by atoms with E-state index >= 15 is 0 Å². The summed E-state index contributed by atoms with van der Waals surface area (Å²) in [4.78, 5) is 9.02. The molecule has 0 saturated carbocycles. The number of anilines is 2. The fourth-order valence-electron chi connectivity index (χ4n) is 5.88. The lowest BCUT2D eigenvalue weighted by Gasteiger charge is -2.37. The van der Waals surface area contributed by atoms with Crippen molar-refractivity contribution >= 4 is 34.6 Å². The Morgan fingerprint density at radius 1 is 0.818 bits per heavy atom. The molecule has 0 bridgehead atoms. The highest BCUT2D eigenvalue weighted by Gasteiger charge is 2.45. The van der Waals surface area contributed by atoms with Crippen molar-refractivity contribution in [2.75, 3.05) is 49.2 Å². The van der Waals surface area contributed by atoms with Gasteiger partial charge in [-0.05, 0) is 72.8 Å². The van der Waals surface area contributed by atoms with Gasteiger partial charge in [0.25, 0.3) is 0 Å². The van der Waals surface area contributed by atoms with Crippen LogP contribution in [0.15, 0.2) is 110 Å². The van der Waals surface area contributed by atoms with Gasteiger partial charge in [-0.15, -0.1) is 0 Å². The molecule has 2 fully saturated rings. The third-order valence-electron chi connectivity index (χ3n) is 8.19. The smallest absolute Gasteiger partial charge is 0.215 e. The molecule has 44 heavy (non-hydrogen) atoms. The Morgan fingerprint density at radius 2 is 1.48 bits per heavy atom.